The molecule has 0 aliphatic carbocycles. The van der Waals surface area contributed by atoms with Gasteiger partial charge in [-0.2, -0.15) is 0 Å². The van der Waals surface area contributed by atoms with Crippen LogP contribution in [0.3, 0.4) is 0 Å². The normalized spacial score (nSPS) is 15.8. The Kier molecular flexibility index (Phi) is 7.06. The van der Waals surface area contributed by atoms with Gasteiger partial charge < -0.3 is 9.47 Å². The number of nitrogens with zero attached hydrogens (tertiary/aromatic N) is 3. The topological polar surface area (TPSA) is 73.7 Å². The van der Waals surface area contributed by atoms with E-state index >= 15 is 0 Å². The van der Waals surface area contributed by atoms with Gasteiger partial charge in [-0.15, -0.1) is 11.3 Å². The third kappa shape index (κ3) is 5.01. The van der Waals surface area contributed by atoms with E-state index in [1.54, 1.807) is 11.5 Å². The lowest BCUT2D eigenvalue weighted by molar-refractivity contribution is -0.139. The minimum Gasteiger partial charge on any atom is -0.468 e. The zero-order chi connectivity index (χ0) is 21.8. The van der Waals surface area contributed by atoms with Gasteiger partial charge >= 0.3 is 5.97 Å². The molecular weight excluding hydrogens is 434 g/mol. The Morgan fingerprint density at radius 1 is 1.26 bits per heavy atom. The minimum absolute atomic E-state index is 0.0648. The van der Waals surface area contributed by atoms with Crippen molar-refractivity contribution in [1.82, 2.24) is 14.5 Å². The summed E-state index contributed by atoms with van der Waals surface area (Å²) in [5, 5.41) is 0.0808. The first kappa shape index (κ1) is 22.0. The van der Waals surface area contributed by atoms with Crippen molar-refractivity contribution in [2.24, 2.45) is 0 Å². The van der Waals surface area contributed by atoms with E-state index in [9.17, 15) is 9.59 Å². The van der Waals surface area contributed by atoms with Gasteiger partial charge in [0, 0.05) is 31.1 Å². The van der Waals surface area contributed by atoms with E-state index in [2.05, 4.69) is 4.90 Å². The Bertz CT molecular complexity index is 1110. The van der Waals surface area contributed by atoms with Crippen molar-refractivity contribution in [2.75, 3.05) is 40.0 Å². The molecule has 3 heterocycles. The summed E-state index contributed by atoms with van der Waals surface area (Å²) in [7, 11) is 1.37. The monoisotopic (exact) mass is 459 g/mol. The largest absolute Gasteiger partial charge is 0.468 e. The highest BCUT2D eigenvalue weighted by Gasteiger charge is 2.22. The predicted octanol–water partition coefficient (Wildman–Crippen LogP) is 3.11. The molecule has 3 aromatic rings. The number of methoxy groups -OCH3 is 1. The number of ether oxygens (including phenoxy) is 2. The van der Waals surface area contributed by atoms with Crippen LogP contribution in [0.25, 0.3) is 20.7 Å². The van der Waals surface area contributed by atoms with E-state index < -0.39 is 5.25 Å². The predicted molar refractivity (Wildman–Crippen MR) is 124 cm³/mol. The molecule has 1 atom stereocenters. The number of hydrogen-bond donors (Lipinski definition) is 0. The average Bonchev–Trinajstić information content (AvgIpc) is 3.24. The highest BCUT2D eigenvalue weighted by molar-refractivity contribution is 8.00. The van der Waals surface area contributed by atoms with Gasteiger partial charge in [-0.1, -0.05) is 42.1 Å². The first-order valence-corrected chi connectivity index (χ1v) is 11.9. The lowest BCUT2D eigenvalue weighted by Gasteiger charge is -2.27. The lowest BCUT2D eigenvalue weighted by atomic mass is 10.2. The van der Waals surface area contributed by atoms with Gasteiger partial charge in [0.25, 0.3) is 5.56 Å². The second-order valence-electron chi connectivity index (χ2n) is 7.28. The Labute approximate surface area is 189 Å². The van der Waals surface area contributed by atoms with Crippen LogP contribution in [0.15, 0.2) is 46.3 Å². The van der Waals surface area contributed by atoms with Crippen LogP contribution in [0.2, 0.25) is 0 Å². The van der Waals surface area contributed by atoms with Crippen LogP contribution in [0, 0.1) is 0 Å². The van der Waals surface area contributed by atoms with Crippen molar-refractivity contribution < 1.29 is 14.3 Å². The summed E-state index contributed by atoms with van der Waals surface area (Å²) in [4.78, 5) is 33.5. The molecule has 0 radical (unpaired) electrons. The molecular formula is C22H25N3O4S2. The van der Waals surface area contributed by atoms with Crippen molar-refractivity contribution in [2.45, 2.75) is 23.9 Å². The summed E-state index contributed by atoms with van der Waals surface area (Å²) in [6.45, 7) is 6.12. The standard InChI is InChI=1S/C22H25N3O4S2/c1-15(21(27)28-2)30-22-23-17-14-18(16-6-4-3-5-7-16)31-19(17)20(26)25(22)9-8-24-10-12-29-13-11-24/h3-7,14-15H,8-13H2,1-2H3. The number of thiophene rings is 1. The van der Waals surface area contributed by atoms with Crippen LogP contribution in [-0.2, 0) is 20.8 Å². The molecule has 1 aliphatic heterocycles. The quantitative estimate of drug-likeness (QED) is 0.305. The zero-order valence-corrected chi connectivity index (χ0v) is 19.2. The SMILES string of the molecule is COC(=O)C(C)Sc1nc2cc(-c3ccccc3)sc2c(=O)n1CCN1CCOCC1. The first-order valence-electron chi connectivity index (χ1n) is 10.2. The molecule has 0 bridgehead atoms. The number of carbonyl (C=O) groups excluding carboxylic acids is 1. The molecule has 2 aromatic heterocycles. The molecule has 0 spiro atoms. The van der Waals surface area contributed by atoms with Gasteiger partial charge in [0.2, 0.25) is 0 Å². The van der Waals surface area contributed by atoms with Gasteiger partial charge in [0.15, 0.2) is 5.16 Å². The summed E-state index contributed by atoms with van der Waals surface area (Å²) < 4.78 is 12.6. The van der Waals surface area contributed by atoms with Gasteiger partial charge in [-0.3, -0.25) is 19.1 Å². The maximum atomic E-state index is 13.4. The number of aromatic nitrogens is 2. The summed E-state index contributed by atoms with van der Waals surface area (Å²) in [5.74, 6) is -0.339. The highest BCUT2D eigenvalue weighted by atomic mass is 32.2. The number of esters is 1. The second-order valence-corrected chi connectivity index (χ2v) is 9.64. The first-order chi connectivity index (χ1) is 15.1. The molecule has 4 rings (SSSR count). The highest BCUT2D eigenvalue weighted by Crippen LogP contribution is 2.32. The minimum atomic E-state index is -0.462. The molecule has 1 aromatic carbocycles. The van der Waals surface area contributed by atoms with Crippen LogP contribution in [0.1, 0.15) is 6.92 Å². The van der Waals surface area contributed by atoms with Crippen molar-refractivity contribution in [1.29, 1.82) is 0 Å². The van der Waals surface area contributed by atoms with E-state index in [0.717, 1.165) is 30.1 Å². The van der Waals surface area contributed by atoms with E-state index in [-0.39, 0.29) is 11.5 Å². The Morgan fingerprint density at radius 3 is 2.71 bits per heavy atom. The molecule has 31 heavy (non-hydrogen) atoms. The molecule has 1 unspecified atom stereocenters. The number of thioether (sulfide) groups is 1. The maximum Gasteiger partial charge on any atom is 0.318 e. The molecule has 1 saturated heterocycles. The van der Waals surface area contributed by atoms with Crippen LogP contribution in [-0.4, -0.2) is 65.6 Å². The second kappa shape index (κ2) is 9.95. The zero-order valence-electron chi connectivity index (χ0n) is 17.6. The average molecular weight is 460 g/mol. The summed E-state index contributed by atoms with van der Waals surface area (Å²) >= 11 is 2.72. The Balaban J connectivity index is 1.71. The van der Waals surface area contributed by atoms with Crippen molar-refractivity contribution >= 4 is 39.3 Å². The van der Waals surface area contributed by atoms with E-state index in [1.165, 1.54) is 30.2 Å². The van der Waals surface area contributed by atoms with Crippen molar-refractivity contribution in [3.05, 3.63) is 46.8 Å². The molecule has 1 fully saturated rings. The number of rotatable bonds is 7. The number of benzene rings is 1. The lowest BCUT2D eigenvalue weighted by Crippen LogP contribution is -2.39. The molecule has 164 valence electrons. The summed E-state index contributed by atoms with van der Waals surface area (Å²) in [6.07, 6.45) is 0. The summed E-state index contributed by atoms with van der Waals surface area (Å²) in [6, 6.07) is 11.9. The van der Waals surface area contributed by atoms with Crippen LogP contribution in [0.5, 0.6) is 0 Å². The molecule has 0 saturated carbocycles. The van der Waals surface area contributed by atoms with E-state index in [0.29, 0.717) is 35.1 Å². The summed E-state index contributed by atoms with van der Waals surface area (Å²) in [5.41, 5.74) is 1.66. The van der Waals surface area contributed by atoms with Crippen molar-refractivity contribution in [3.8, 4) is 10.4 Å². The van der Waals surface area contributed by atoms with E-state index in [4.69, 9.17) is 14.5 Å². The maximum absolute atomic E-state index is 13.4. The van der Waals surface area contributed by atoms with Crippen molar-refractivity contribution in [3.63, 3.8) is 0 Å². The van der Waals surface area contributed by atoms with Gasteiger partial charge in [-0.25, -0.2) is 4.98 Å². The molecule has 9 heteroatoms. The molecule has 0 amide bonds. The third-order valence-corrected chi connectivity index (χ3v) is 7.45. The third-order valence-electron chi connectivity index (χ3n) is 5.22. The van der Waals surface area contributed by atoms with Crippen LogP contribution < -0.4 is 5.56 Å². The number of morpholine rings is 1. The van der Waals surface area contributed by atoms with E-state index in [1.807, 2.05) is 36.4 Å². The number of hydrogen-bond acceptors (Lipinski definition) is 8. The van der Waals surface area contributed by atoms with Gasteiger partial charge in [-0.05, 0) is 18.6 Å². The number of carbonyl (C=O) groups is 1. The van der Waals surface area contributed by atoms with Crippen LogP contribution in [0.4, 0.5) is 0 Å². The number of fused-ring (bicyclic) bond motifs is 1. The fourth-order valence-electron chi connectivity index (χ4n) is 3.46. The molecule has 0 N–H and O–H groups in total. The van der Waals surface area contributed by atoms with Crippen LogP contribution >= 0.6 is 23.1 Å². The van der Waals surface area contributed by atoms with Gasteiger partial charge in [0.1, 0.15) is 9.95 Å². The molecule has 7 nitrogen and oxygen atoms in total. The fourth-order valence-corrected chi connectivity index (χ4v) is 5.47. The Morgan fingerprint density at radius 2 is 2.00 bits per heavy atom. The Hall–Kier alpha value is -2.20. The smallest absolute Gasteiger partial charge is 0.318 e. The fraction of sp³-hybridized carbons (Fsp3) is 0.409. The molecule has 1 aliphatic rings. The van der Waals surface area contributed by atoms with Gasteiger partial charge in [0.05, 0.1) is 25.8 Å².